The molecule has 0 saturated carbocycles. The summed E-state index contributed by atoms with van der Waals surface area (Å²) in [6.07, 6.45) is 1.34. The van der Waals surface area contributed by atoms with Crippen LogP contribution < -0.4 is 5.32 Å². The van der Waals surface area contributed by atoms with Crippen LogP contribution in [-0.4, -0.2) is 26.8 Å². The second-order valence-corrected chi connectivity index (χ2v) is 5.39. The number of hydrogen-bond donors (Lipinski definition) is 2. The molecule has 2 N–H and O–H groups in total. The van der Waals surface area contributed by atoms with Gasteiger partial charge in [0, 0.05) is 17.6 Å². The molecule has 1 unspecified atom stereocenters. The number of carbonyl (C=O) groups excluding carboxylic acids is 1. The van der Waals surface area contributed by atoms with Crippen LogP contribution in [0.4, 0.5) is 0 Å². The van der Waals surface area contributed by atoms with Crippen LogP contribution in [0.15, 0.2) is 23.7 Å². The van der Waals surface area contributed by atoms with Crippen LogP contribution in [0.3, 0.4) is 0 Å². The maximum absolute atomic E-state index is 12.2. The van der Waals surface area contributed by atoms with E-state index < -0.39 is 12.0 Å². The lowest BCUT2D eigenvalue weighted by Crippen LogP contribution is -2.30. The molecule has 2 heterocycles. The van der Waals surface area contributed by atoms with Crippen LogP contribution in [-0.2, 0) is 11.8 Å². The molecule has 20 heavy (non-hydrogen) atoms. The molecule has 0 fully saturated rings. The van der Waals surface area contributed by atoms with E-state index in [9.17, 15) is 9.59 Å². The molecule has 0 saturated heterocycles. The van der Waals surface area contributed by atoms with Gasteiger partial charge in [0.1, 0.15) is 0 Å². The van der Waals surface area contributed by atoms with Crippen LogP contribution in [0.25, 0.3) is 0 Å². The lowest BCUT2D eigenvalue weighted by atomic mass is 10.1. The van der Waals surface area contributed by atoms with E-state index in [0.717, 1.165) is 10.6 Å². The molecule has 1 atom stereocenters. The fraction of sp³-hybridized carbons (Fsp3) is 0.308. The first-order valence-corrected chi connectivity index (χ1v) is 6.91. The number of aliphatic carboxylic acids is 1. The van der Waals surface area contributed by atoms with Crippen LogP contribution in [0, 0.1) is 6.92 Å². The number of rotatable bonds is 5. The van der Waals surface area contributed by atoms with Crippen molar-refractivity contribution in [2.24, 2.45) is 7.05 Å². The Morgan fingerprint density at radius 2 is 2.30 bits per heavy atom. The van der Waals surface area contributed by atoms with Gasteiger partial charge in [-0.3, -0.25) is 14.3 Å². The van der Waals surface area contributed by atoms with Gasteiger partial charge in [-0.2, -0.15) is 5.10 Å². The Kier molecular flexibility index (Phi) is 4.19. The van der Waals surface area contributed by atoms with Gasteiger partial charge in [0.15, 0.2) is 0 Å². The van der Waals surface area contributed by atoms with Crippen molar-refractivity contribution in [1.82, 2.24) is 15.1 Å². The standard InChI is InChI=1S/C13H15N3O3S/c1-8-9(7-14-16(8)2)13(19)15-10(6-12(17)18)11-4-3-5-20-11/h3-5,7,10H,6H2,1-2H3,(H,15,19)(H,17,18). The predicted octanol–water partition coefficient (Wildman–Crippen LogP) is 1.74. The Hall–Kier alpha value is -2.15. The summed E-state index contributed by atoms with van der Waals surface area (Å²) in [4.78, 5) is 24.0. The zero-order chi connectivity index (χ0) is 14.7. The van der Waals surface area contributed by atoms with Gasteiger partial charge in [0.2, 0.25) is 0 Å². The molecule has 2 aromatic heterocycles. The quantitative estimate of drug-likeness (QED) is 0.879. The van der Waals surface area contributed by atoms with E-state index in [4.69, 9.17) is 5.11 Å². The average molecular weight is 293 g/mol. The van der Waals surface area contributed by atoms with Crippen molar-refractivity contribution in [3.8, 4) is 0 Å². The lowest BCUT2D eigenvalue weighted by molar-refractivity contribution is -0.137. The van der Waals surface area contributed by atoms with Crippen molar-refractivity contribution < 1.29 is 14.7 Å². The third kappa shape index (κ3) is 3.05. The number of aromatic nitrogens is 2. The Morgan fingerprint density at radius 3 is 2.80 bits per heavy atom. The van der Waals surface area contributed by atoms with Crippen molar-refractivity contribution in [2.75, 3.05) is 0 Å². The molecular formula is C13H15N3O3S. The second kappa shape index (κ2) is 5.87. The molecule has 7 heteroatoms. The molecule has 6 nitrogen and oxygen atoms in total. The summed E-state index contributed by atoms with van der Waals surface area (Å²) in [5, 5.41) is 17.6. The van der Waals surface area contributed by atoms with E-state index in [-0.39, 0.29) is 12.3 Å². The highest BCUT2D eigenvalue weighted by atomic mass is 32.1. The first-order valence-electron chi connectivity index (χ1n) is 6.03. The van der Waals surface area contributed by atoms with Crippen LogP contribution in [0.1, 0.15) is 33.4 Å². The molecule has 0 aliphatic heterocycles. The molecule has 1 amide bonds. The summed E-state index contributed by atoms with van der Waals surface area (Å²) >= 11 is 1.42. The van der Waals surface area contributed by atoms with Gasteiger partial charge in [-0.1, -0.05) is 6.07 Å². The lowest BCUT2D eigenvalue weighted by Gasteiger charge is -2.15. The second-order valence-electron chi connectivity index (χ2n) is 4.41. The summed E-state index contributed by atoms with van der Waals surface area (Å²) in [6.45, 7) is 1.79. The van der Waals surface area contributed by atoms with Crippen molar-refractivity contribution >= 4 is 23.2 Å². The zero-order valence-electron chi connectivity index (χ0n) is 11.2. The van der Waals surface area contributed by atoms with Gasteiger partial charge in [-0.05, 0) is 18.4 Å². The Morgan fingerprint density at radius 1 is 1.55 bits per heavy atom. The monoisotopic (exact) mass is 293 g/mol. The number of hydrogen-bond acceptors (Lipinski definition) is 4. The largest absolute Gasteiger partial charge is 0.481 e. The SMILES string of the molecule is Cc1c(C(=O)NC(CC(=O)O)c2cccs2)cnn1C. The molecular weight excluding hydrogens is 278 g/mol. The molecule has 0 aromatic carbocycles. The van der Waals surface area contributed by atoms with Crippen LogP contribution >= 0.6 is 11.3 Å². The van der Waals surface area contributed by atoms with E-state index in [2.05, 4.69) is 10.4 Å². The van der Waals surface area contributed by atoms with Gasteiger partial charge in [0.25, 0.3) is 5.91 Å². The van der Waals surface area contributed by atoms with E-state index in [1.165, 1.54) is 17.5 Å². The molecule has 2 aromatic rings. The van der Waals surface area contributed by atoms with Gasteiger partial charge >= 0.3 is 5.97 Å². The van der Waals surface area contributed by atoms with Crippen molar-refractivity contribution in [1.29, 1.82) is 0 Å². The fourth-order valence-corrected chi connectivity index (χ4v) is 2.62. The molecule has 0 aliphatic rings. The number of thiophene rings is 1. The highest BCUT2D eigenvalue weighted by molar-refractivity contribution is 7.10. The van der Waals surface area contributed by atoms with Crippen LogP contribution in [0.2, 0.25) is 0 Å². The van der Waals surface area contributed by atoms with Gasteiger partial charge in [-0.25, -0.2) is 0 Å². The van der Waals surface area contributed by atoms with Crippen LogP contribution in [0.5, 0.6) is 0 Å². The minimum atomic E-state index is -0.952. The third-order valence-electron chi connectivity index (χ3n) is 3.05. The van der Waals surface area contributed by atoms with Gasteiger partial charge in [-0.15, -0.1) is 11.3 Å². The Balaban J connectivity index is 2.17. The third-order valence-corrected chi connectivity index (χ3v) is 4.04. The number of amides is 1. The Labute approximate surface area is 120 Å². The average Bonchev–Trinajstić information content (AvgIpc) is 3.00. The first kappa shape index (κ1) is 14.3. The number of carboxylic acid groups (broad SMARTS) is 1. The number of carboxylic acids is 1. The minimum Gasteiger partial charge on any atom is -0.481 e. The molecule has 0 bridgehead atoms. The molecule has 0 aliphatic carbocycles. The molecule has 0 spiro atoms. The first-order chi connectivity index (χ1) is 9.49. The summed E-state index contributed by atoms with van der Waals surface area (Å²) in [5.41, 5.74) is 1.20. The predicted molar refractivity (Wildman–Crippen MR) is 74.7 cm³/mol. The maximum atomic E-state index is 12.2. The van der Waals surface area contributed by atoms with E-state index in [0.29, 0.717) is 5.56 Å². The van der Waals surface area contributed by atoms with Crippen molar-refractivity contribution in [3.63, 3.8) is 0 Å². The van der Waals surface area contributed by atoms with E-state index >= 15 is 0 Å². The van der Waals surface area contributed by atoms with E-state index in [1.54, 1.807) is 18.7 Å². The summed E-state index contributed by atoms with van der Waals surface area (Å²) in [5.74, 6) is -1.26. The minimum absolute atomic E-state index is 0.147. The summed E-state index contributed by atoms with van der Waals surface area (Å²) in [6, 6.07) is 3.12. The van der Waals surface area contributed by atoms with Crippen molar-refractivity contribution in [3.05, 3.63) is 39.8 Å². The van der Waals surface area contributed by atoms with Crippen molar-refractivity contribution in [2.45, 2.75) is 19.4 Å². The molecule has 106 valence electrons. The van der Waals surface area contributed by atoms with Gasteiger partial charge in [0.05, 0.1) is 24.2 Å². The number of nitrogens with one attached hydrogen (secondary N) is 1. The summed E-state index contributed by atoms with van der Waals surface area (Å²) in [7, 11) is 1.75. The number of carbonyl (C=O) groups is 2. The fourth-order valence-electron chi connectivity index (χ4n) is 1.84. The highest BCUT2D eigenvalue weighted by Crippen LogP contribution is 2.22. The van der Waals surface area contributed by atoms with Gasteiger partial charge < -0.3 is 10.4 Å². The zero-order valence-corrected chi connectivity index (χ0v) is 12.0. The van der Waals surface area contributed by atoms with E-state index in [1.807, 2.05) is 17.5 Å². The number of aryl methyl sites for hydroxylation is 1. The maximum Gasteiger partial charge on any atom is 0.305 e. The summed E-state index contributed by atoms with van der Waals surface area (Å²) < 4.78 is 1.60. The topological polar surface area (TPSA) is 84.2 Å². The normalized spacial score (nSPS) is 12.1. The molecule has 2 rings (SSSR count). The highest BCUT2D eigenvalue weighted by Gasteiger charge is 2.21. The molecule has 0 radical (unpaired) electrons. The Bertz CT molecular complexity index is 619. The smallest absolute Gasteiger partial charge is 0.305 e. The number of nitrogens with zero attached hydrogens (tertiary/aromatic N) is 2.